The van der Waals surface area contributed by atoms with Crippen LogP contribution in [0, 0.1) is 5.92 Å². The molecular weight excluding hydrogens is 502 g/mol. The second-order valence-corrected chi connectivity index (χ2v) is 11.0. The number of amides is 3. The number of nitrogens with zero attached hydrogens (tertiary/aromatic N) is 3. The maximum Gasteiger partial charge on any atom is 0.263 e. The summed E-state index contributed by atoms with van der Waals surface area (Å²) in [5.41, 5.74) is 2.34. The molecule has 9 heteroatoms. The Labute approximate surface area is 225 Å². The molecule has 8 nitrogen and oxygen atoms in total. The van der Waals surface area contributed by atoms with Crippen LogP contribution in [0.15, 0.2) is 53.9 Å². The van der Waals surface area contributed by atoms with Gasteiger partial charge >= 0.3 is 0 Å². The van der Waals surface area contributed by atoms with E-state index in [0.717, 1.165) is 35.5 Å². The van der Waals surface area contributed by atoms with Gasteiger partial charge in [-0.05, 0) is 61.0 Å². The van der Waals surface area contributed by atoms with Gasteiger partial charge < -0.3 is 19.3 Å². The topological polar surface area (TPSA) is 79.4 Å². The Kier molecular flexibility index (Phi) is 6.31. The minimum absolute atomic E-state index is 0.00258. The number of hydrogen-bond acceptors (Lipinski definition) is 7. The monoisotopic (exact) mass is 531 g/mol. The molecule has 0 radical (unpaired) electrons. The van der Waals surface area contributed by atoms with Crippen molar-refractivity contribution in [2.75, 3.05) is 31.8 Å². The predicted molar refractivity (Wildman–Crippen MR) is 144 cm³/mol. The Morgan fingerprint density at radius 1 is 1.11 bits per heavy atom. The number of hydrogen-bond donors (Lipinski definition) is 0. The normalized spacial score (nSPS) is 19.1. The standard InChI is InChI=1S/C29H29N3O5S/c1-18(25-9-5-13-38-25)30(2)27(33)20-6-4-12-31(16-20)22-8-3-7-21-26(22)29(35)32(28(21)34)15-19-10-11-23-24(14-19)37-17-36-23/h3,5,7-11,13-14,18,20H,4,6,12,15-17H2,1-2H3/t18-,20-/m1/s1. The third-order valence-corrected chi connectivity index (χ3v) is 8.79. The SMILES string of the molecule is C[C@H](c1cccs1)N(C)C(=O)[C@@H]1CCCN(c2cccc3c2C(=O)N(Cc2ccc4c(c2)OCO4)C3=O)C1. The Morgan fingerprint density at radius 3 is 2.76 bits per heavy atom. The highest BCUT2D eigenvalue weighted by molar-refractivity contribution is 7.10. The molecule has 38 heavy (non-hydrogen) atoms. The molecule has 4 heterocycles. The molecule has 2 atom stereocenters. The van der Waals surface area contributed by atoms with Gasteiger partial charge in [0.1, 0.15) is 0 Å². The lowest BCUT2D eigenvalue weighted by Gasteiger charge is -2.37. The summed E-state index contributed by atoms with van der Waals surface area (Å²) in [6, 6.07) is 14.9. The van der Waals surface area contributed by atoms with Crippen LogP contribution in [-0.4, -0.2) is 54.5 Å². The fourth-order valence-corrected chi connectivity index (χ4v) is 6.37. The minimum Gasteiger partial charge on any atom is -0.454 e. The predicted octanol–water partition coefficient (Wildman–Crippen LogP) is 4.71. The van der Waals surface area contributed by atoms with Gasteiger partial charge in [-0.1, -0.05) is 18.2 Å². The summed E-state index contributed by atoms with van der Waals surface area (Å²) in [7, 11) is 1.86. The Morgan fingerprint density at radius 2 is 1.95 bits per heavy atom. The van der Waals surface area contributed by atoms with Gasteiger partial charge in [0.05, 0.1) is 35.3 Å². The summed E-state index contributed by atoms with van der Waals surface area (Å²) in [6.07, 6.45) is 1.64. The molecule has 2 aromatic carbocycles. The molecule has 1 aromatic heterocycles. The quantitative estimate of drug-likeness (QED) is 0.429. The van der Waals surface area contributed by atoms with Crippen molar-refractivity contribution in [1.29, 1.82) is 0 Å². The first-order valence-corrected chi connectivity index (χ1v) is 13.7. The van der Waals surface area contributed by atoms with Crippen molar-refractivity contribution in [2.24, 2.45) is 5.92 Å². The molecule has 0 N–H and O–H groups in total. The van der Waals surface area contributed by atoms with Gasteiger partial charge in [0.2, 0.25) is 12.7 Å². The highest BCUT2D eigenvalue weighted by Gasteiger charge is 2.40. The molecule has 1 saturated heterocycles. The van der Waals surface area contributed by atoms with E-state index in [1.54, 1.807) is 29.5 Å². The number of carbonyl (C=O) groups excluding carboxylic acids is 3. The van der Waals surface area contributed by atoms with Crippen LogP contribution in [0.5, 0.6) is 11.5 Å². The number of carbonyl (C=O) groups is 3. The van der Waals surface area contributed by atoms with Crippen molar-refractivity contribution in [3.8, 4) is 11.5 Å². The van der Waals surface area contributed by atoms with Gasteiger partial charge in [0, 0.05) is 25.0 Å². The molecule has 196 valence electrons. The lowest BCUT2D eigenvalue weighted by atomic mass is 9.94. The highest BCUT2D eigenvalue weighted by atomic mass is 32.1. The van der Waals surface area contributed by atoms with Crippen molar-refractivity contribution in [3.05, 3.63) is 75.5 Å². The maximum atomic E-state index is 13.6. The molecule has 3 aliphatic rings. The summed E-state index contributed by atoms with van der Waals surface area (Å²) in [5.74, 6) is 0.581. The van der Waals surface area contributed by atoms with E-state index in [1.165, 1.54) is 4.90 Å². The van der Waals surface area contributed by atoms with Crippen LogP contribution in [0.4, 0.5) is 5.69 Å². The van der Waals surface area contributed by atoms with E-state index in [4.69, 9.17) is 9.47 Å². The molecule has 0 spiro atoms. The molecule has 3 amide bonds. The maximum absolute atomic E-state index is 13.6. The lowest BCUT2D eigenvalue weighted by Crippen LogP contribution is -2.44. The zero-order valence-electron chi connectivity index (χ0n) is 21.4. The zero-order valence-corrected chi connectivity index (χ0v) is 22.2. The van der Waals surface area contributed by atoms with E-state index < -0.39 is 0 Å². The highest BCUT2D eigenvalue weighted by Crippen LogP contribution is 2.37. The van der Waals surface area contributed by atoms with Crippen molar-refractivity contribution >= 4 is 34.7 Å². The van der Waals surface area contributed by atoms with Crippen LogP contribution in [-0.2, 0) is 11.3 Å². The van der Waals surface area contributed by atoms with E-state index in [-0.39, 0.29) is 43.0 Å². The van der Waals surface area contributed by atoms with Gasteiger partial charge in [-0.25, -0.2) is 0 Å². The van der Waals surface area contributed by atoms with Gasteiger partial charge in [-0.15, -0.1) is 11.3 Å². The van der Waals surface area contributed by atoms with E-state index in [2.05, 4.69) is 11.0 Å². The van der Waals surface area contributed by atoms with Crippen LogP contribution in [0.2, 0.25) is 0 Å². The third kappa shape index (κ3) is 4.20. The van der Waals surface area contributed by atoms with Gasteiger partial charge in [-0.3, -0.25) is 19.3 Å². The molecule has 0 aliphatic carbocycles. The first-order valence-electron chi connectivity index (χ1n) is 12.8. The van der Waals surface area contributed by atoms with Crippen LogP contribution in [0.1, 0.15) is 57.0 Å². The number of fused-ring (bicyclic) bond motifs is 2. The molecular formula is C29H29N3O5S. The summed E-state index contributed by atoms with van der Waals surface area (Å²) >= 11 is 1.65. The van der Waals surface area contributed by atoms with Crippen molar-refractivity contribution in [1.82, 2.24) is 9.80 Å². The number of thiophene rings is 1. The Hall–Kier alpha value is -3.85. The van der Waals surface area contributed by atoms with Crippen molar-refractivity contribution in [3.63, 3.8) is 0 Å². The summed E-state index contributed by atoms with van der Waals surface area (Å²) in [4.78, 5) is 46.7. The average molecular weight is 532 g/mol. The molecule has 3 aliphatic heterocycles. The smallest absolute Gasteiger partial charge is 0.263 e. The average Bonchev–Trinajstić information content (AvgIpc) is 3.70. The number of ether oxygens (including phenoxy) is 2. The van der Waals surface area contributed by atoms with E-state index in [0.29, 0.717) is 29.2 Å². The van der Waals surface area contributed by atoms with Gasteiger partial charge in [0.15, 0.2) is 11.5 Å². The van der Waals surface area contributed by atoms with Crippen molar-refractivity contribution < 1.29 is 23.9 Å². The number of anilines is 1. The van der Waals surface area contributed by atoms with Crippen LogP contribution in [0.25, 0.3) is 0 Å². The Bertz CT molecular complexity index is 1410. The number of imide groups is 1. The number of piperidine rings is 1. The second-order valence-electron chi connectivity index (χ2n) is 10.0. The fraction of sp³-hybridized carbons (Fsp3) is 0.345. The van der Waals surface area contributed by atoms with E-state index in [9.17, 15) is 14.4 Å². The third-order valence-electron chi connectivity index (χ3n) is 7.75. The summed E-state index contributed by atoms with van der Waals surface area (Å²) in [6.45, 7) is 3.61. The fourth-order valence-electron chi connectivity index (χ4n) is 5.54. The first-order chi connectivity index (χ1) is 18.4. The molecule has 0 unspecified atom stereocenters. The van der Waals surface area contributed by atoms with Crippen LogP contribution >= 0.6 is 11.3 Å². The van der Waals surface area contributed by atoms with E-state index >= 15 is 0 Å². The summed E-state index contributed by atoms with van der Waals surface area (Å²) < 4.78 is 10.8. The minimum atomic E-state index is -0.310. The van der Waals surface area contributed by atoms with Crippen LogP contribution < -0.4 is 14.4 Å². The molecule has 6 rings (SSSR count). The molecule has 0 saturated carbocycles. The lowest BCUT2D eigenvalue weighted by molar-refractivity contribution is -0.136. The number of benzene rings is 2. The number of rotatable bonds is 6. The largest absolute Gasteiger partial charge is 0.454 e. The summed E-state index contributed by atoms with van der Waals surface area (Å²) in [5, 5.41) is 2.02. The van der Waals surface area contributed by atoms with E-state index in [1.807, 2.05) is 48.5 Å². The first kappa shape index (κ1) is 24.5. The molecule has 0 bridgehead atoms. The van der Waals surface area contributed by atoms with Crippen molar-refractivity contribution in [2.45, 2.75) is 32.4 Å². The van der Waals surface area contributed by atoms with Gasteiger partial charge in [-0.2, -0.15) is 0 Å². The van der Waals surface area contributed by atoms with Crippen LogP contribution in [0.3, 0.4) is 0 Å². The second kappa shape index (κ2) is 9.79. The zero-order chi connectivity index (χ0) is 26.4. The van der Waals surface area contributed by atoms with Gasteiger partial charge in [0.25, 0.3) is 11.8 Å². The Balaban J connectivity index is 1.21. The molecule has 1 fully saturated rings. The molecule has 3 aromatic rings.